The number of nitrogens with zero attached hydrogens (tertiary/aromatic N) is 5. The second-order valence-electron chi connectivity index (χ2n) is 5.07. The first-order valence-electron chi connectivity index (χ1n) is 6.52. The van der Waals surface area contributed by atoms with Crippen LogP contribution >= 0.6 is 11.8 Å². The molecule has 2 fully saturated rings. The Kier molecular flexibility index (Phi) is 2.48. The molecular weight excluding hydrogens is 260 g/mol. The van der Waals surface area contributed by atoms with Crippen molar-refractivity contribution in [2.45, 2.75) is 47.8 Å². The van der Waals surface area contributed by atoms with Gasteiger partial charge in [-0.25, -0.2) is 9.97 Å². The molecule has 2 aliphatic rings. The predicted molar refractivity (Wildman–Crippen MR) is 70.8 cm³/mol. The zero-order valence-corrected chi connectivity index (χ0v) is 11.2. The summed E-state index contributed by atoms with van der Waals surface area (Å²) in [7, 11) is 0. The van der Waals surface area contributed by atoms with Crippen LogP contribution < -0.4 is 5.73 Å². The Morgan fingerprint density at radius 3 is 2.58 bits per heavy atom. The first-order valence-corrected chi connectivity index (χ1v) is 7.33. The molecule has 2 N–H and O–H groups in total. The number of nitrogens with two attached hydrogens (primary N) is 1. The van der Waals surface area contributed by atoms with Gasteiger partial charge in [0.05, 0.1) is 0 Å². The third-order valence-corrected chi connectivity index (χ3v) is 4.39. The molecule has 0 saturated heterocycles. The van der Waals surface area contributed by atoms with Crippen molar-refractivity contribution in [3.8, 4) is 0 Å². The Bertz CT molecular complexity index is 616. The van der Waals surface area contributed by atoms with Crippen LogP contribution in [0.25, 0.3) is 0 Å². The zero-order valence-electron chi connectivity index (χ0n) is 10.4. The summed E-state index contributed by atoms with van der Waals surface area (Å²) >= 11 is 1.47. The van der Waals surface area contributed by atoms with Gasteiger partial charge in [0.1, 0.15) is 10.9 Å². The molecule has 0 spiro atoms. The minimum absolute atomic E-state index is 0.450. The highest BCUT2D eigenvalue weighted by Gasteiger charge is 2.36. The lowest BCUT2D eigenvalue weighted by Gasteiger charge is -2.08. The quantitative estimate of drug-likeness (QED) is 0.918. The van der Waals surface area contributed by atoms with Crippen LogP contribution in [0.15, 0.2) is 22.6 Å². The number of hydrogen-bond acceptors (Lipinski definition) is 6. The average molecular weight is 274 g/mol. The van der Waals surface area contributed by atoms with E-state index in [1.54, 1.807) is 12.4 Å². The summed E-state index contributed by atoms with van der Waals surface area (Å²) in [6, 6.07) is 0.575. The van der Waals surface area contributed by atoms with E-state index < -0.39 is 0 Å². The lowest BCUT2D eigenvalue weighted by Crippen LogP contribution is -2.02. The van der Waals surface area contributed by atoms with Crippen LogP contribution in [0.3, 0.4) is 0 Å². The minimum atomic E-state index is 0.450. The van der Waals surface area contributed by atoms with E-state index in [4.69, 9.17) is 5.73 Å². The molecule has 2 heterocycles. The molecule has 0 radical (unpaired) electrons. The van der Waals surface area contributed by atoms with Crippen LogP contribution in [-0.4, -0.2) is 24.7 Å². The van der Waals surface area contributed by atoms with Gasteiger partial charge in [0, 0.05) is 24.4 Å². The maximum atomic E-state index is 5.84. The summed E-state index contributed by atoms with van der Waals surface area (Å²) < 4.78 is 2.29. The number of hydrogen-bond donors (Lipinski definition) is 1. The fourth-order valence-corrected chi connectivity index (χ4v) is 3.02. The van der Waals surface area contributed by atoms with E-state index >= 15 is 0 Å². The third-order valence-electron chi connectivity index (χ3n) is 3.42. The Morgan fingerprint density at radius 1 is 1.11 bits per heavy atom. The van der Waals surface area contributed by atoms with Gasteiger partial charge in [-0.05, 0) is 37.4 Å². The summed E-state index contributed by atoms with van der Waals surface area (Å²) in [5.41, 5.74) is 5.84. The molecule has 2 saturated carbocycles. The molecule has 2 aromatic rings. The number of nitrogen functional groups attached to an aromatic ring is 1. The molecule has 98 valence electrons. The van der Waals surface area contributed by atoms with Gasteiger partial charge in [0.25, 0.3) is 0 Å². The van der Waals surface area contributed by atoms with Crippen molar-refractivity contribution in [2.75, 3.05) is 5.73 Å². The smallest absolute Gasteiger partial charge is 0.197 e. The maximum absolute atomic E-state index is 5.84. The molecule has 0 bridgehead atoms. The van der Waals surface area contributed by atoms with E-state index in [0.717, 1.165) is 11.0 Å². The Balaban J connectivity index is 1.69. The number of aromatic nitrogens is 5. The molecular formula is C12H14N6S. The summed E-state index contributed by atoms with van der Waals surface area (Å²) in [5, 5.41) is 10.3. The fourth-order valence-electron chi connectivity index (χ4n) is 2.15. The van der Waals surface area contributed by atoms with Crippen LogP contribution in [0.4, 0.5) is 5.82 Å². The van der Waals surface area contributed by atoms with Crippen molar-refractivity contribution in [1.29, 1.82) is 0 Å². The van der Waals surface area contributed by atoms with E-state index in [1.165, 1.54) is 37.4 Å². The highest BCUT2D eigenvalue weighted by atomic mass is 32.2. The molecule has 0 atom stereocenters. The fraction of sp³-hybridized carbons (Fsp3) is 0.500. The third kappa shape index (κ3) is 2.07. The molecule has 0 amide bonds. The standard InChI is InChI=1S/C12H14N6S/c13-9-11(15-6-5-14-9)19-12-17-16-10(7-1-2-7)18(12)8-3-4-8/h5-8H,1-4H2,(H2,13,14). The molecule has 4 rings (SSSR count). The molecule has 6 nitrogen and oxygen atoms in total. The Labute approximate surface area is 114 Å². The van der Waals surface area contributed by atoms with Crippen molar-refractivity contribution in [3.63, 3.8) is 0 Å². The Hall–Kier alpha value is -1.63. The highest BCUT2D eigenvalue weighted by Crippen LogP contribution is 2.46. The van der Waals surface area contributed by atoms with E-state index in [-0.39, 0.29) is 0 Å². The van der Waals surface area contributed by atoms with Gasteiger partial charge in [-0.3, -0.25) is 0 Å². The molecule has 0 unspecified atom stereocenters. The van der Waals surface area contributed by atoms with E-state index in [2.05, 4.69) is 24.7 Å². The molecule has 19 heavy (non-hydrogen) atoms. The maximum Gasteiger partial charge on any atom is 0.197 e. The van der Waals surface area contributed by atoms with Gasteiger partial charge in [0.15, 0.2) is 11.0 Å². The normalized spacial score (nSPS) is 18.7. The van der Waals surface area contributed by atoms with Crippen molar-refractivity contribution in [1.82, 2.24) is 24.7 Å². The zero-order chi connectivity index (χ0) is 12.8. The second kappa shape index (κ2) is 4.19. The van der Waals surface area contributed by atoms with Gasteiger partial charge in [0.2, 0.25) is 0 Å². The topological polar surface area (TPSA) is 82.5 Å². The number of rotatable bonds is 4. The molecule has 2 aliphatic carbocycles. The van der Waals surface area contributed by atoms with E-state index in [9.17, 15) is 0 Å². The largest absolute Gasteiger partial charge is 0.381 e. The Morgan fingerprint density at radius 2 is 1.89 bits per heavy atom. The van der Waals surface area contributed by atoms with Crippen LogP contribution in [0.2, 0.25) is 0 Å². The van der Waals surface area contributed by atoms with Crippen LogP contribution in [0.1, 0.15) is 43.5 Å². The van der Waals surface area contributed by atoms with E-state index in [1.807, 2.05) is 0 Å². The summed E-state index contributed by atoms with van der Waals surface area (Å²) in [4.78, 5) is 8.32. The van der Waals surface area contributed by atoms with Crippen LogP contribution in [-0.2, 0) is 0 Å². The van der Waals surface area contributed by atoms with Gasteiger partial charge in [-0.1, -0.05) is 0 Å². The van der Waals surface area contributed by atoms with Crippen LogP contribution in [0.5, 0.6) is 0 Å². The summed E-state index contributed by atoms with van der Waals surface area (Å²) in [6.45, 7) is 0. The van der Waals surface area contributed by atoms with Crippen molar-refractivity contribution in [2.24, 2.45) is 0 Å². The molecule has 2 aromatic heterocycles. The lowest BCUT2D eigenvalue weighted by atomic mass is 10.4. The van der Waals surface area contributed by atoms with E-state index in [0.29, 0.717) is 22.8 Å². The van der Waals surface area contributed by atoms with Crippen molar-refractivity contribution < 1.29 is 0 Å². The van der Waals surface area contributed by atoms with Gasteiger partial charge < -0.3 is 10.3 Å². The van der Waals surface area contributed by atoms with Crippen molar-refractivity contribution >= 4 is 17.6 Å². The average Bonchev–Trinajstić information content (AvgIpc) is 3.32. The minimum Gasteiger partial charge on any atom is -0.381 e. The monoisotopic (exact) mass is 274 g/mol. The SMILES string of the molecule is Nc1nccnc1Sc1nnc(C2CC2)n1C1CC1. The van der Waals surface area contributed by atoms with Gasteiger partial charge in [-0.2, -0.15) is 0 Å². The summed E-state index contributed by atoms with van der Waals surface area (Å²) in [5.74, 6) is 2.21. The lowest BCUT2D eigenvalue weighted by molar-refractivity contribution is 0.626. The predicted octanol–water partition coefficient (Wildman–Crippen LogP) is 2.01. The van der Waals surface area contributed by atoms with Gasteiger partial charge >= 0.3 is 0 Å². The first-order chi connectivity index (χ1) is 9.33. The second-order valence-corrected chi connectivity index (χ2v) is 6.02. The van der Waals surface area contributed by atoms with Crippen molar-refractivity contribution in [3.05, 3.63) is 18.2 Å². The molecule has 7 heteroatoms. The van der Waals surface area contributed by atoms with Gasteiger partial charge in [-0.15, -0.1) is 10.2 Å². The summed E-state index contributed by atoms with van der Waals surface area (Å²) in [6.07, 6.45) is 8.17. The first kappa shape index (κ1) is 11.2. The molecule has 0 aromatic carbocycles. The number of anilines is 1. The highest BCUT2D eigenvalue weighted by molar-refractivity contribution is 7.99. The van der Waals surface area contributed by atoms with Crippen LogP contribution in [0, 0.1) is 0 Å². The molecule has 0 aliphatic heterocycles.